The summed E-state index contributed by atoms with van der Waals surface area (Å²) in [5.74, 6) is 0.0618. The molecule has 1 aliphatic carbocycles. The highest BCUT2D eigenvalue weighted by molar-refractivity contribution is 5.77. The molecule has 1 aromatic heterocycles. The number of nitrogens with zero attached hydrogens (tertiary/aromatic N) is 1. The van der Waals surface area contributed by atoms with E-state index in [0.717, 1.165) is 31.5 Å². The Bertz CT molecular complexity index is 787. The van der Waals surface area contributed by atoms with Gasteiger partial charge in [0.2, 0.25) is 5.91 Å². The Balaban J connectivity index is 1.53. The Labute approximate surface area is 160 Å². The summed E-state index contributed by atoms with van der Waals surface area (Å²) in [5.41, 5.74) is 3.62. The Morgan fingerprint density at radius 2 is 2.07 bits per heavy atom. The Morgan fingerprint density at radius 3 is 2.81 bits per heavy atom. The van der Waals surface area contributed by atoms with Crippen molar-refractivity contribution in [3.05, 3.63) is 65.5 Å². The first-order chi connectivity index (χ1) is 13.2. The van der Waals surface area contributed by atoms with E-state index in [9.17, 15) is 4.79 Å². The topological polar surface area (TPSA) is 63.2 Å². The van der Waals surface area contributed by atoms with Crippen LogP contribution in [-0.2, 0) is 21.4 Å². The molecule has 0 saturated carbocycles. The van der Waals surface area contributed by atoms with Gasteiger partial charge in [-0.3, -0.25) is 9.78 Å². The van der Waals surface area contributed by atoms with Gasteiger partial charge >= 0.3 is 0 Å². The van der Waals surface area contributed by atoms with Crippen molar-refractivity contribution in [2.75, 3.05) is 20.2 Å². The summed E-state index contributed by atoms with van der Waals surface area (Å²) in [7, 11) is 1.77. The summed E-state index contributed by atoms with van der Waals surface area (Å²) < 4.78 is 6.01. The molecule has 4 rings (SSSR count). The summed E-state index contributed by atoms with van der Waals surface area (Å²) in [5, 5.41) is 6.73. The van der Waals surface area contributed by atoms with Crippen molar-refractivity contribution in [2.24, 2.45) is 0 Å². The number of hydrogen-bond donors (Lipinski definition) is 2. The summed E-state index contributed by atoms with van der Waals surface area (Å²) >= 11 is 0. The van der Waals surface area contributed by atoms with Crippen molar-refractivity contribution in [1.29, 1.82) is 0 Å². The van der Waals surface area contributed by atoms with Crippen molar-refractivity contribution in [1.82, 2.24) is 15.6 Å². The van der Waals surface area contributed by atoms with Crippen LogP contribution < -0.4 is 10.6 Å². The van der Waals surface area contributed by atoms with Crippen LogP contribution >= 0.6 is 0 Å². The minimum atomic E-state index is -0.0919. The number of rotatable bonds is 5. The van der Waals surface area contributed by atoms with Gasteiger partial charge in [-0.1, -0.05) is 30.3 Å². The number of aromatic nitrogens is 1. The van der Waals surface area contributed by atoms with Gasteiger partial charge in [-0.25, -0.2) is 0 Å². The lowest BCUT2D eigenvalue weighted by atomic mass is 9.72. The van der Waals surface area contributed by atoms with Crippen LogP contribution in [0.1, 0.15) is 42.0 Å². The lowest BCUT2D eigenvalue weighted by Crippen LogP contribution is -2.49. The molecule has 2 aliphatic rings. The molecule has 2 N–H and O–H groups in total. The Hall–Kier alpha value is -2.24. The molecule has 2 heterocycles. The standard InChI is InChI=1S/C22H27N3O2/c1-27-21-20(25-19(26)9-8-16-5-4-12-24-15-16)17-6-2-3-7-18(17)22(21)10-13-23-14-11-22/h2-7,12,15,20-21,23H,8-11,13-14H2,1H3,(H,25,26)/t20-,21+/m0/s1. The van der Waals surface area contributed by atoms with Gasteiger partial charge in [0.25, 0.3) is 0 Å². The van der Waals surface area contributed by atoms with E-state index in [1.165, 1.54) is 11.1 Å². The molecule has 142 valence electrons. The van der Waals surface area contributed by atoms with Crippen molar-refractivity contribution in [3.8, 4) is 0 Å². The van der Waals surface area contributed by atoms with E-state index in [2.05, 4.69) is 39.9 Å². The van der Waals surface area contributed by atoms with Gasteiger partial charge in [-0.15, -0.1) is 0 Å². The van der Waals surface area contributed by atoms with Crippen LogP contribution in [0.3, 0.4) is 0 Å². The van der Waals surface area contributed by atoms with Crippen LogP contribution in [0.15, 0.2) is 48.8 Å². The fourth-order valence-electron chi connectivity index (χ4n) is 4.85. The summed E-state index contributed by atoms with van der Waals surface area (Å²) in [6.07, 6.45) is 6.76. The van der Waals surface area contributed by atoms with Gasteiger partial charge < -0.3 is 15.4 Å². The molecule has 5 heteroatoms. The van der Waals surface area contributed by atoms with Crippen molar-refractivity contribution in [2.45, 2.75) is 43.2 Å². The first-order valence-corrected chi connectivity index (χ1v) is 9.76. The van der Waals surface area contributed by atoms with Crippen molar-refractivity contribution in [3.63, 3.8) is 0 Å². The third kappa shape index (κ3) is 3.37. The first-order valence-electron chi connectivity index (χ1n) is 9.76. The summed E-state index contributed by atoms with van der Waals surface area (Å²) in [4.78, 5) is 16.8. The summed E-state index contributed by atoms with van der Waals surface area (Å²) in [6, 6.07) is 12.3. The van der Waals surface area contributed by atoms with Crippen molar-refractivity contribution >= 4 is 5.91 Å². The largest absolute Gasteiger partial charge is 0.378 e. The molecule has 27 heavy (non-hydrogen) atoms. The maximum absolute atomic E-state index is 12.7. The third-order valence-electron chi connectivity index (χ3n) is 6.11. The lowest BCUT2D eigenvalue weighted by Gasteiger charge is -2.40. The van der Waals surface area contributed by atoms with E-state index in [1.54, 1.807) is 13.3 Å². The highest BCUT2D eigenvalue weighted by Gasteiger charge is 2.53. The number of carbonyl (C=O) groups excluding carboxylic acids is 1. The average Bonchev–Trinajstić information content (AvgIpc) is 2.96. The predicted octanol–water partition coefficient (Wildman–Crippen LogP) is 2.52. The number of piperidine rings is 1. The Kier molecular flexibility index (Phi) is 5.23. The molecule has 5 nitrogen and oxygen atoms in total. The molecule has 0 bridgehead atoms. The van der Waals surface area contributed by atoms with E-state index in [-0.39, 0.29) is 23.5 Å². The minimum Gasteiger partial charge on any atom is -0.378 e. The van der Waals surface area contributed by atoms with Crippen LogP contribution in [0.25, 0.3) is 0 Å². The minimum absolute atomic E-state index is 0.0160. The number of nitrogens with one attached hydrogen (secondary N) is 2. The van der Waals surface area contributed by atoms with Gasteiger partial charge in [0.1, 0.15) is 0 Å². The number of fused-ring (bicyclic) bond motifs is 2. The van der Waals surface area contributed by atoms with Crippen LogP contribution in [0.2, 0.25) is 0 Å². The molecule has 1 spiro atoms. The zero-order valence-corrected chi connectivity index (χ0v) is 15.8. The number of ether oxygens (including phenoxy) is 1. The number of amides is 1. The quantitative estimate of drug-likeness (QED) is 0.855. The van der Waals surface area contributed by atoms with Gasteiger partial charge in [0.05, 0.1) is 12.1 Å². The predicted molar refractivity (Wildman–Crippen MR) is 104 cm³/mol. The maximum Gasteiger partial charge on any atom is 0.220 e. The molecule has 1 aromatic carbocycles. The zero-order chi connectivity index (χ0) is 18.7. The van der Waals surface area contributed by atoms with Crippen LogP contribution in [0, 0.1) is 0 Å². The number of methoxy groups -OCH3 is 1. The van der Waals surface area contributed by atoms with Crippen LogP contribution in [0.4, 0.5) is 0 Å². The monoisotopic (exact) mass is 365 g/mol. The molecule has 1 aliphatic heterocycles. The van der Waals surface area contributed by atoms with E-state index < -0.39 is 0 Å². The number of hydrogen-bond acceptors (Lipinski definition) is 4. The van der Waals surface area contributed by atoms with E-state index in [0.29, 0.717) is 12.8 Å². The molecule has 0 unspecified atom stereocenters. The van der Waals surface area contributed by atoms with Gasteiger partial charge in [0.15, 0.2) is 0 Å². The second kappa shape index (κ2) is 7.79. The fourth-order valence-corrected chi connectivity index (χ4v) is 4.85. The lowest BCUT2D eigenvalue weighted by molar-refractivity contribution is -0.123. The number of pyridine rings is 1. The molecular weight excluding hydrogens is 338 g/mol. The molecule has 1 amide bonds. The Morgan fingerprint density at radius 1 is 1.26 bits per heavy atom. The second-order valence-corrected chi connectivity index (χ2v) is 7.56. The molecular formula is C22H27N3O2. The van der Waals surface area contributed by atoms with Gasteiger partial charge in [-0.05, 0) is 55.1 Å². The highest BCUT2D eigenvalue weighted by Crippen LogP contribution is 2.51. The molecule has 2 aromatic rings. The SMILES string of the molecule is CO[C@@H]1[C@@H](NC(=O)CCc2cccnc2)c2ccccc2C12CCNCC2. The van der Waals surface area contributed by atoms with Crippen LogP contribution in [0.5, 0.6) is 0 Å². The number of aryl methyl sites for hydroxylation is 1. The van der Waals surface area contributed by atoms with Crippen LogP contribution in [-0.4, -0.2) is 37.2 Å². The van der Waals surface area contributed by atoms with Crippen molar-refractivity contribution < 1.29 is 9.53 Å². The van der Waals surface area contributed by atoms with E-state index in [4.69, 9.17) is 4.74 Å². The fraction of sp³-hybridized carbons (Fsp3) is 0.455. The van der Waals surface area contributed by atoms with Gasteiger partial charge in [-0.2, -0.15) is 0 Å². The summed E-state index contributed by atoms with van der Waals surface area (Å²) in [6.45, 7) is 1.96. The number of benzene rings is 1. The van der Waals surface area contributed by atoms with E-state index in [1.807, 2.05) is 18.3 Å². The second-order valence-electron chi connectivity index (χ2n) is 7.56. The van der Waals surface area contributed by atoms with E-state index >= 15 is 0 Å². The molecule has 1 saturated heterocycles. The van der Waals surface area contributed by atoms with Gasteiger partial charge in [0, 0.05) is 31.3 Å². The normalized spacial score (nSPS) is 23.1. The first kappa shape index (κ1) is 18.1. The molecule has 0 radical (unpaired) electrons. The highest BCUT2D eigenvalue weighted by atomic mass is 16.5. The maximum atomic E-state index is 12.7. The zero-order valence-electron chi connectivity index (χ0n) is 15.8. The molecule has 1 fully saturated rings. The average molecular weight is 365 g/mol. The number of carbonyl (C=O) groups is 1. The smallest absolute Gasteiger partial charge is 0.220 e. The molecule has 2 atom stereocenters. The third-order valence-corrected chi connectivity index (χ3v) is 6.11.